The zero-order valence-electron chi connectivity index (χ0n) is 12.7. The monoisotopic (exact) mass is 285 g/mol. The highest BCUT2D eigenvalue weighted by molar-refractivity contribution is 5.30. The molecule has 0 unspecified atom stereocenters. The third-order valence-corrected chi connectivity index (χ3v) is 3.38. The highest BCUT2D eigenvalue weighted by Crippen LogP contribution is 2.18. The van der Waals surface area contributed by atoms with Crippen LogP contribution in [0.5, 0.6) is 11.5 Å². The van der Waals surface area contributed by atoms with Gasteiger partial charge in [-0.1, -0.05) is 30.3 Å². The second-order valence-electron chi connectivity index (χ2n) is 4.97. The van der Waals surface area contributed by atoms with Crippen LogP contribution < -0.4 is 14.8 Å². The van der Waals surface area contributed by atoms with Gasteiger partial charge in [0, 0.05) is 6.04 Å². The maximum absolute atomic E-state index is 5.67. The lowest BCUT2D eigenvalue weighted by atomic mass is 10.1. The number of hydrogen-bond acceptors (Lipinski definition) is 3. The zero-order chi connectivity index (χ0) is 14.9. The van der Waals surface area contributed by atoms with Crippen LogP contribution in [0.15, 0.2) is 54.6 Å². The van der Waals surface area contributed by atoms with Crippen molar-refractivity contribution in [2.24, 2.45) is 0 Å². The number of benzene rings is 2. The van der Waals surface area contributed by atoms with E-state index >= 15 is 0 Å². The Morgan fingerprint density at radius 3 is 2.52 bits per heavy atom. The Morgan fingerprint density at radius 2 is 1.76 bits per heavy atom. The van der Waals surface area contributed by atoms with E-state index in [0.29, 0.717) is 6.04 Å². The predicted octanol–water partition coefficient (Wildman–Crippen LogP) is 3.81. The molecule has 0 radical (unpaired) electrons. The number of nitrogens with one attached hydrogen (secondary N) is 1. The molecule has 0 fully saturated rings. The summed E-state index contributed by atoms with van der Waals surface area (Å²) in [5.74, 6) is 1.83. The molecule has 0 spiro atoms. The minimum Gasteiger partial charge on any atom is -0.497 e. The minimum atomic E-state index is 0.303. The van der Waals surface area contributed by atoms with Crippen LogP contribution in [0.1, 0.15) is 24.9 Å². The first-order valence-electron chi connectivity index (χ1n) is 7.35. The van der Waals surface area contributed by atoms with Crippen LogP contribution in [0.25, 0.3) is 0 Å². The van der Waals surface area contributed by atoms with Crippen LogP contribution in [-0.2, 0) is 0 Å². The molecule has 3 nitrogen and oxygen atoms in total. The summed E-state index contributed by atoms with van der Waals surface area (Å²) in [5.41, 5.74) is 1.23. The van der Waals surface area contributed by atoms with Crippen molar-refractivity contribution < 1.29 is 9.47 Å². The van der Waals surface area contributed by atoms with Gasteiger partial charge in [-0.15, -0.1) is 0 Å². The first kappa shape index (κ1) is 15.4. The Labute approximate surface area is 126 Å². The summed E-state index contributed by atoms with van der Waals surface area (Å²) < 4.78 is 10.9. The fraction of sp³-hybridized carbons (Fsp3) is 0.333. The van der Waals surface area contributed by atoms with Gasteiger partial charge in [-0.05, 0) is 49.7 Å². The molecule has 0 aliphatic heterocycles. The largest absolute Gasteiger partial charge is 0.497 e. The molecule has 1 atom stereocenters. The van der Waals surface area contributed by atoms with Crippen molar-refractivity contribution in [3.8, 4) is 11.5 Å². The number of rotatable bonds is 8. The molecule has 0 saturated heterocycles. The Bertz CT molecular complexity index is 528. The molecule has 112 valence electrons. The number of methoxy groups -OCH3 is 1. The molecule has 0 bridgehead atoms. The second kappa shape index (κ2) is 8.32. The van der Waals surface area contributed by atoms with Gasteiger partial charge in [-0.25, -0.2) is 0 Å². The van der Waals surface area contributed by atoms with Crippen LogP contribution in [-0.4, -0.2) is 20.3 Å². The van der Waals surface area contributed by atoms with E-state index in [0.717, 1.165) is 31.1 Å². The van der Waals surface area contributed by atoms with E-state index in [-0.39, 0.29) is 0 Å². The Morgan fingerprint density at radius 1 is 1.00 bits per heavy atom. The Kier molecular flexibility index (Phi) is 6.10. The molecule has 0 saturated carbocycles. The van der Waals surface area contributed by atoms with Crippen molar-refractivity contribution in [3.63, 3.8) is 0 Å². The molecule has 0 aromatic heterocycles. The minimum absolute atomic E-state index is 0.303. The lowest BCUT2D eigenvalue weighted by Crippen LogP contribution is -2.21. The molecule has 2 aromatic carbocycles. The van der Waals surface area contributed by atoms with E-state index in [1.165, 1.54) is 5.56 Å². The molecule has 0 amide bonds. The van der Waals surface area contributed by atoms with E-state index in [2.05, 4.69) is 24.4 Å². The van der Waals surface area contributed by atoms with Crippen molar-refractivity contribution >= 4 is 0 Å². The van der Waals surface area contributed by atoms with Crippen LogP contribution in [0.3, 0.4) is 0 Å². The molecule has 0 aliphatic rings. The van der Waals surface area contributed by atoms with Gasteiger partial charge >= 0.3 is 0 Å². The van der Waals surface area contributed by atoms with Crippen LogP contribution in [0.4, 0.5) is 0 Å². The van der Waals surface area contributed by atoms with Gasteiger partial charge in [0.05, 0.1) is 13.7 Å². The van der Waals surface area contributed by atoms with Crippen molar-refractivity contribution in [3.05, 3.63) is 60.2 Å². The highest BCUT2D eigenvalue weighted by atomic mass is 16.5. The third-order valence-electron chi connectivity index (χ3n) is 3.38. The van der Waals surface area contributed by atoms with Gasteiger partial charge in [0.2, 0.25) is 0 Å². The topological polar surface area (TPSA) is 30.5 Å². The van der Waals surface area contributed by atoms with Crippen LogP contribution >= 0.6 is 0 Å². The molecular weight excluding hydrogens is 262 g/mol. The molecule has 21 heavy (non-hydrogen) atoms. The molecule has 3 heteroatoms. The molecule has 1 N–H and O–H groups in total. The zero-order valence-corrected chi connectivity index (χ0v) is 12.7. The van der Waals surface area contributed by atoms with E-state index in [1.54, 1.807) is 7.11 Å². The first-order valence-corrected chi connectivity index (χ1v) is 7.35. The van der Waals surface area contributed by atoms with Crippen molar-refractivity contribution in [1.82, 2.24) is 5.32 Å². The Balaban J connectivity index is 1.68. The summed E-state index contributed by atoms with van der Waals surface area (Å²) in [6.07, 6.45) is 0.975. The lowest BCUT2D eigenvalue weighted by Gasteiger charge is -2.15. The van der Waals surface area contributed by atoms with Gasteiger partial charge in [0.1, 0.15) is 11.5 Å². The average molecular weight is 285 g/mol. The predicted molar refractivity (Wildman–Crippen MR) is 86.0 cm³/mol. The molecule has 0 heterocycles. The van der Waals surface area contributed by atoms with Crippen molar-refractivity contribution in [2.75, 3.05) is 20.3 Å². The average Bonchev–Trinajstić information content (AvgIpc) is 2.55. The summed E-state index contributed by atoms with van der Waals surface area (Å²) in [7, 11) is 1.69. The smallest absolute Gasteiger partial charge is 0.119 e. The summed E-state index contributed by atoms with van der Waals surface area (Å²) in [5, 5.41) is 3.50. The summed E-state index contributed by atoms with van der Waals surface area (Å²) in [4.78, 5) is 0. The number of ether oxygens (including phenoxy) is 2. The van der Waals surface area contributed by atoms with Gasteiger partial charge in [0.25, 0.3) is 0 Å². The fourth-order valence-corrected chi connectivity index (χ4v) is 2.13. The van der Waals surface area contributed by atoms with E-state index in [1.807, 2.05) is 42.5 Å². The standard InChI is InChI=1S/C18H23NO2/c1-15(16-8-6-11-18(14-16)20-2)19-12-7-13-21-17-9-4-3-5-10-17/h3-6,8-11,14-15,19H,7,12-13H2,1-2H3/t15-/m0/s1. The van der Waals surface area contributed by atoms with Gasteiger partial charge < -0.3 is 14.8 Å². The summed E-state index contributed by atoms with van der Waals surface area (Å²) >= 11 is 0. The second-order valence-corrected chi connectivity index (χ2v) is 4.97. The number of para-hydroxylation sites is 1. The van der Waals surface area contributed by atoms with Gasteiger partial charge in [-0.2, -0.15) is 0 Å². The molecule has 0 aliphatic carbocycles. The normalized spacial score (nSPS) is 11.9. The third kappa shape index (κ3) is 5.12. The molecule has 2 rings (SSSR count). The lowest BCUT2D eigenvalue weighted by molar-refractivity contribution is 0.305. The SMILES string of the molecule is COc1cccc([C@H](C)NCCCOc2ccccc2)c1. The highest BCUT2D eigenvalue weighted by Gasteiger charge is 2.05. The van der Waals surface area contributed by atoms with Crippen molar-refractivity contribution in [2.45, 2.75) is 19.4 Å². The van der Waals surface area contributed by atoms with Crippen LogP contribution in [0.2, 0.25) is 0 Å². The molecular formula is C18H23NO2. The van der Waals surface area contributed by atoms with Crippen LogP contribution in [0, 0.1) is 0 Å². The van der Waals surface area contributed by atoms with Crippen molar-refractivity contribution in [1.29, 1.82) is 0 Å². The number of hydrogen-bond donors (Lipinski definition) is 1. The van der Waals surface area contributed by atoms with E-state index in [9.17, 15) is 0 Å². The molecule has 2 aromatic rings. The van der Waals surface area contributed by atoms with E-state index in [4.69, 9.17) is 9.47 Å². The van der Waals surface area contributed by atoms with E-state index < -0.39 is 0 Å². The van der Waals surface area contributed by atoms with Gasteiger partial charge in [-0.3, -0.25) is 0 Å². The van der Waals surface area contributed by atoms with Gasteiger partial charge in [0.15, 0.2) is 0 Å². The fourth-order valence-electron chi connectivity index (χ4n) is 2.13. The summed E-state index contributed by atoms with van der Waals surface area (Å²) in [6.45, 7) is 3.81. The maximum atomic E-state index is 5.67. The maximum Gasteiger partial charge on any atom is 0.119 e. The first-order chi connectivity index (χ1) is 10.3. The Hall–Kier alpha value is -2.00. The summed E-state index contributed by atoms with van der Waals surface area (Å²) in [6, 6.07) is 18.4. The quantitative estimate of drug-likeness (QED) is 0.748.